The van der Waals surface area contributed by atoms with Crippen molar-refractivity contribution >= 4 is 23.0 Å². The summed E-state index contributed by atoms with van der Waals surface area (Å²) in [5, 5.41) is 21.3. The van der Waals surface area contributed by atoms with Crippen molar-refractivity contribution in [3.8, 4) is 0 Å². The van der Waals surface area contributed by atoms with Gasteiger partial charge in [-0.1, -0.05) is 18.2 Å². The van der Waals surface area contributed by atoms with Crippen molar-refractivity contribution in [2.75, 3.05) is 5.32 Å². The predicted octanol–water partition coefficient (Wildman–Crippen LogP) is 3.37. The van der Waals surface area contributed by atoms with E-state index in [0.717, 1.165) is 11.3 Å². The highest BCUT2D eigenvalue weighted by Crippen LogP contribution is 2.34. The molecule has 2 aromatic carbocycles. The predicted molar refractivity (Wildman–Crippen MR) is 75.4 cm³/mol. The molecular formula is C14H10N4O3. The molecule has 0 aromatic heterocycles. The second-order valence-corrected chi connectivity index (χ2v) is 4.47. The van der Waals surface area contributed by atoms with Gasteiger partial charge in [0.05, 0.1) is 10.6 Å². The van der Waals surface area contributed by atoms with Crippen LogP contribution in [0.15, 0.2) is 58.8 Å². The maximum Gasteiger partial charge on any atom is 0.269 e. The zero-order chi connectivity index (χ0) is 14.8. The minimum absolute atomic E-state index is 0.0158. The Morgan fingerprint density at radius 3 is 2.52 bits per heavy atom. The third-order valence-electron chi connectivity index (χ3n) is 3.11. The first-order valence-electron chi connectivity index (χ1n) is 6.20. The number of hydrogen-bond acceptors (Lipinski definition) is 5. The van der Waals surface area contributed by atoms with E-state index in [-0.39, 0.29) is 11.6 Å². The number of anilines is 1. The van der Waals surface area contributed by atoms with Crippen LogP contribution in [0.25, 0.3) is 0 Å². The van der Waals surface area contributed by atoms with Crippen molar-refractivity contribution < 1.29 is 9.72 Å². The Labute approximate surface area is 119 Å². The van der Waals surface area contributed by atoms with Gasteiger partial charge in [-0.05, 0) is 18.2 Å². The molecule has 1 atom stereocenters. The third-order valence-corrected chi connectivity index (χ3v) is 3.11. The van der Waals surface area contributed by atoms with Crippen molar-refractivity contribution in [2.45, 2.75) is 6.04 Å². The molecule has 0 radical (unpaired) electrons. The Kier molecular flexibility index (Phi) is 3.15. The number of amides is 1. The highest BCUT2D eigenvalue weighted by Gasteiger charge is 2.30. The Balaban J connectivity index is 1.83. The normalized spacial score (nSPS) is 16.8. The molecule has 0 saturated carbocycles. The molecule has 1 unspecified atom stereocenters. The number of hydrogen-bond donors (Lipinski definition) is 1. The summed E-state index contributed by atoms with van der Waals surface area (Å²) < 4.78 is 0. The molecule has 2 aromatic rings. The van der Waals surface area contributed by atoms with Gasteiger partial charge in [-0.15, -0.1) is 0 Å². The lowest BCUT2D eigenvalue weighted by Crippen LogP contribution is -2.09. The first-order valence-corrected chi connectivity index (χ1v) is 6.20. The number of non-ortho nitro benzene ring substituents is 1. The van der Waals surface area contributed by atoms with Crippen LogP contribution >= 0.6 is 0 Å². The van der Waals surface area contributed by atoms with Crippen LogP contribution in [0.4, 0.5) is 17.1 Å². The number of nitro benzene ring substituents is 1. The number of nitrogens with one attached hydrogen (secondary N) is 1. The number of carbonyl (C=O) groups is 1. The summed E-state index contributed by atoms with van der Waals surface area (Å²) in [6.07, 6.45) is 0. The van der Waals surface area contributed by atoms with Crippen LogP contribution in [0.1, 0.15) is 11.6 Å². The first kappa shape index (κ1) is 12.9. The molecule has 1 amide bonds. The molecule has 3 rings (SSSR count). The van der Waals surface area contributed by atoms with E-state index >= 15 is 0 Å². The van der Waals surface area contributed by atoms with Crippen LogP contribution in [0.5, 0.6) is 0 Å². The molecule has 0 saturated heterocycles. The summed E-state index contributed by atoms with van der Waals surface area (Å²) in [7, 11) is 0. The molecule has 21 heavy (non-hydrogen) atoms. The van der Waals surface area contributed by atoms with E-state index in [2.05, 4.69) is 15.5 Å². The minimum Gasteiger partial charge on any atom is -0.324 e. The van der Waals surface area contributed by atoms with Gasteiger partial charge in [-0.2, -0.15) is 10.2 Å². The fourth-order valence-electron chi connectivity index (χ4n) is 2.07. The van der Waals surface area contributed by atoms with Crippen molar-refractivity contribution in [2.24, 2.45) is 10.2 Å². The standard InChI is InChI=1S/C14H10N4O3/c19-14-13(11-3-1-2-4-12(11)15-14)17-16-9-5-7-10(8-6-9)18(20)21/h1-8,13H,(H,15,19). The third kappa shape index (κ3) is 2.48. The minimum atomic E-state index is -0.684. The second-order valence-electron chi connectivity index (χ2n) is 4.47. The monoisotopic (exact) mass is 282 g/mol. The number of carbonyl (C=O) groups excluding carboxylic acids is 1. The van der Waals surface area contributed by atoms with Gasteiger partial charge in [0.15, 0.2) is 6.04 Å². The van der Waals surface area contributed by atoms with Gasteiger partial charge in [-0.25, -0.2) is 0 Å². The lowest BCUT2D eigenvalue weighted by molar-refractivity contribution is -0.384. The van der Waals surface area contributed by atoms with Crippen LogP contribution in [0, 0.1) is 10.1 Å². The molecule has 0 aliphatic carbocycles. The van der Waals surface area contributed by atoms with Crippen molar-refractivity contribution in [1.82, 2.24) is 0 Å². The number of rotatable bonds is 3. The Bertz CT molecular complexity index is 740. The van der Waals surface area contributed by atoms with Crippen LogP contribution in [-0.4, -0.2) is 10.8 Å². The molecule has 1 heterocycles. The zero-order valence-corrected chi connectivity index (χ0v) is 10.8. The average molecular weight is 282 g/mol. The summed E-state index contributed by atoms with van der Waals surface area (Å²) in [6.45, 7) is 0. The van der Waals surface area contributed by atoms with Crippen LogP contribution < -0.4 is 5.32 Å². The molecule has 1 aliphatic rings. The van der Waals surface area contributed by atoms with Crippen molar-refractivity contribution in [3.63, 3.8) is 0 Å². The van der Waals surface area contributed by atoms with E-state index in [1.807, 2.05) is 18.2 Å². The Morgan fingerprint density at radius 1 is 1.10 bits per heavy atom. The second kappa shape index (κ2) is 5.12. The van der Waals surface area contributed by atoms with Gasteiger partial charge in [-0.3, -0.25) is 14.9 Å². The highest BCUT2D eigenvalue weighted by molar-refractivity contribution is 6.02. The van der Waals surface area contributed by atoms with Crippen LogP contribution in [0.2, 0.25) is 0 Å². The van der Waals surface area contributed by atoms with Gasteiger partial charge >= 0.3 is 0 Å². The first-order chi connectivity index (χ1) is 10.1. The van der Waals surface area contributed by atoms with E-state index in [4.69, 9.17) is 0 Å². The molecule has 0 bridgehead atoms. The maximum atomic E-state index is 11.8. The van der Waals surface area contributed by atoms with Crippen molar-refractivity contribution in [3.05, 3.63) is 64.2 Å². The molecule has 1 N–H and O–H groups in total. The van der Waals surface area contributed by atoms with E-state index < -0.39 is 11.0 Å². The van der Waals surface area contributed by atoms with Gasteiger partial charge in [0.25, 0.3) is 11.6 Å². The fourth-order valence-corrected chi connectivity index (χ4v) is 2.07. The van der Waals surface area contributed by atoms with Gasteiger partial charge in [0, 0.05) is 23.4 Å². The summed E-state index contributed by atoms with van der Waals surface area (Å²) >= 11 is 0. The van der Waals surface area contributed by atoms with Gasteiger partial charge in [0.1, 0.15) is 0 Å². The molecule has 104 valence electrons. The fraction of sp³-hybridized carbons (Fsp3) is 0.0714. The summed E-state index contributed by atoms with van der Waals surface area (Å²) in [5.41, 5.74) is 1.94. The number of fused-ring (bicyclic) bond motifs is 1. The number of azo groups is 1. The number of para-hydroxylation sites is 1. The number of nitro groups is 1. The zero-order valence-electron chi connectivity index (χ0n) is 10.8. The lowest BCUT2D eigenvalue weighted by Gasteiger charge is -2.00. The van der Waals surface area contributed by atoms with E-state index in [1.54, 1.807) is 6.07 Å². The van der Waals surface area contributed by atoms with Crippen LogP contribution in [0.3, 0.4) is 0 Å². The number of benzene rings is 2. The van der Waals surface area contributed by atoms with E-state index in [1.165, 1.54) is 24.3 Å². The topological polar surface area (TPSA) is 97.0 Å². The largest absolute Gasteiger partial charge is 0.324 e. The molecule has 7 heteroatoms. The van der Waals surface area contributed by atoms with Gasteiger partial charge < -0.3 is 5.32 Å². The maximum absolute atomic E-state index is 11.8. The summed E-state index contributed by atoms with van der Waals surface area (Å²) in [6, 6.07) is 12.2. The van der Waals surface area contributed by atoms with Crippen molar-refractivity contribution in [1.29, 1.82) is 0 Å². The quantitative estimate of drug-likeness (QED) is 0.531. The lowest BCUT2D eigenvalue weighted by atomic mass is 10.1. The van der Waals surface area contributed by atoms with Gasteiger partial charge in [0.2, 0.25) is 0 Å². The highest BCUT2D eigenvalue weighted by atomic mass is 16.6. The molecule has 7 nitrogen and oxygen atoms in total. The van der Waals surface area contributed by atoms with E-state index in [9.17, 15) is 14.9 Å². The molecule has 0 fully saturated rings. The summed E-state index contributed by atoms with van der Waals surface area (Å²) in [4.78, 5) is 21.9. The Hall–Kier alpha value is -3.09. The Morgan fingerprint density at radius 2 is 1.81 bits per heavy atom. The summed E-state index contributed by atoms with van der Waals surface area (Å²) in [5.74, 6) is -0.234. The number of nitrogens with zero attached hydrogens (tertiary/aromatic N) is 3. The molecular weight excluding hydrogens is 272 g/mol. The molecule has 0 spiro atoms. The average Bonchev–Trinajstić information content (AvgIpc) is 2.81. The van der Waals surface area contributed by atoms with E-state index in [0.29, 0.717) is 5.69 Å². The SMILES string of the molecule is O=C1Nc2ccccc2C1N=Nc1ccc([N+](=O)[O-])cc1. The smallest absolute Gasteiger partial charge is 0.269 e. The van der Waals surface area contributed by atoms with Crippen LogP contribution in [-0.2, 0) is 4.79 Å². The molecule has 1 aliphatic heterocycles.